The smallest absolute Gasteiger partial charge is 0.326 e. The fraction of sp³-hybridized carbons (Fsp3) is 0.941. The zero-order chi connectivity index (χ0) is 15.5. The first-order chi connectivity index (χ1) is 10.0. The van der Waals surface area contributed by atoms with E-state index in [0.29, 0.717) is 6.04 Å². The summed E-state index contributed by atoms with van der Waals surface area (Å²) in [6.07, 6.45) is 6.72. The van der Waals surface area contributed by atoms with Crippen molar-refractivity contribution in [3.05, 3.63) is 0 Å². The summed E-state index contributed by atoms with van der Waals surface area (Å²) in [4.78, 5) is 14.8. The quantitative estimate of drug-likeness (QED) is 0.809. The maximum atomic E-state index is 12.2. The molecule has 4 nitrogen and oxygen atoms in total. The molecule has 2 atom stereocenters. The second kappa shape index (κ2) is 7.10. The number of rotatable bonds is 4. The maximum absolute atomic E-state index is 12.2. The molecule has 1 heterocycles. The van der Waals surface area contributed by atoms with E-state index in [0.717, 1.165) is 31.1 Å². The lowest BCUT2D eigenvalue weighted by Crippen LogP contribution is -2.58. The molecule has 1 aliphatic carbocycles. The summed E-state index contributed by atoms with van der Waals surface area (Å²) in [6.45, 7) is 7.05. The van der Waals surface area contributed by atoms with Gasteiger partial charge in [0.05, 0.1) is 7.11 Å². The molecular formula is C17H32N2O2. The number of esters is 1. The van der Waals surface area contributed by atoms with E-state index in [2.05, 4.69) is 24.1 Å². The lowest BCUT2D eigenvalue weighted by molar-refractivity contribution is -0.151. The van der Waals surface area contributed by atoms with Gasteiger partial charge in [-0.2, -0.15) is 0 Å². The molecule has 0 radical (unpaired) electrons. The van der Waals surface area contributed by atoms with Gasteiger partial charge in [-0.1, -0.05) is 13.8 Å². The molecule has 0 spiro atoms. The molecule has 2 rings (SSSR count). The van der Waals surface area contributed by atoms with Gasteiger partial charge in [0.25, 0.3) is 0 Å². The largest absolute Gasteiger partial charge is 0.468 e. The van der Waals surface area contributed by atoms with Gasteiger partial charge in [0.15, 0.2) is 0 Å². The van der Waals surface area contributed by atoms with Crippen molar-refractivity contribution in [1.29, 1.82) is 0 Å². The molecule has 1 saturated carbocycles. The standard InChI is InChI=1S/C17H32N2O2/c1-13(2)14-7-10-19(11-8-14)15-6-5-9-17(12-15,18-3)16(20)21-4/h13-15,18H,5-12H2,1-4H3. The molecule has 0 bridgehead atoms. The number of piperidine rings is 1. The molecule has 0 aromatic heterocycles. The lowest BCUT2D eigenvalue weighted by atomic mass is 9.77. The highest BCUT2D eigenvalue weighted by molar-refractivity contribution is 5.81. The van der Waals surface area contributed by atoms with Crippen LogP contribution in [0.5, 0.6) is 0 Å². The first-order valence-corrected chi connectivity index (χ1v) is 8.54. The van der Waals surface area contributed by atoms with Crippen molar-refractivity contribution in [2.24, 2.45) is 11.8 Å². The summed E-state index contributed by atoms with van der Waals surface area (Å²) >= 11 is 0. The van der Waals surface area contributed by atoms with Crippen molar-refractivity contribution >= 4 is 5.97 Å². The zero-order valence-corrected chi connectivity index (χ0v) is 14.2. The second-order valence-electron chi connectivity index (χ2n) is 7.19. The van der Waals surface area contributed by atoms with Gasteiger partial charge in [-0.05, 0) is 70.5 Å². The number of carbonyl (C=O) groups excluding carboxylic acids is 1. The van der Waals surface area contributed by atoms with Crippen LogP contribution in [0.25, 0.3) is 0 Å². The number of hydrogen-bond acceptors (Lipinski definition) is 4. The first kappa shape index (κ1) is 16.8. The second-order valence-corrected chi connectivity index (χ2v) is 7.19. The SMILES string of the molecule is CNC1(C(=O)OC)CCCC(N2CCC(C(C)C)CC2)C1. The van der Waals surface area contributed by atoms with E-state index < -0.39 is 5.54 Å². The summed E-state index contributed by atoms with van der Waals surface area (Å²) in [5.41, 5.74) is -0.466. The Morgan fingerprint density at radius 3 is 2.48 bits per heavy atom. The van der Waals surface area contributed by atoms with Gasteiger partial charge in [-0.3, -0.25) is 4.79 Å². The van der Waals surface area contributed by atoms with E-state index in [1.165, 1.54) is 39.5 Å². The van der Waals surface area contributed by atoms with E-state index in [-0.39, 0.29) is 5.97 Å². The van der Waals surface area contributed by atoms with Gasteiger partial charge in [0.1, 0.15) is 5.54 Å². The lowest BCUT2D eigenvalue weighted by Gasteiger charge is -2.45. The highest BCUT2D eigenvalue weighted by atomic mass is 16.5. The highest BCUT2D eigenvalue weighted by Crippen LogP contribution is 2.34. The number of hydrogen-bond donors (Lipinski definition) is 1. The zero-order valence-electron chi connectivity index (χ0n) is 14.2. The number of methoxy groups -OCH3 is 1. The maximum Gasteiger partial charge on any atom is 0.326 e. The Morgan fingerprint density at radius 2 is 1.95 bits per heavy atom. The van der Waals surface area contributed by atoms with Crippen LogP contribution in [-0.4, -0.2) is 49.7 Å². The first-order valence-electron chi connectivity index (χ1n) is 8.54. The van der Waals surface area contributed by atoms with Crippen LogP contribution in [0, 0.1) is 11.8 Å². The summed E-state index contributed by atoms with van der Waals surface area (Å²) in [5.74, 6) is 1.58. The molecule has 21 heavy (non-hydrogen) atoms. The Bertz CT molecular complexity index is 351. The van der Waals surface area contributed by atoms with Crippen LogP contribution in [-0.2, 0) is 9.53 Å². The van der Waals surface area contributed by atoms with Crippen LogP contribution in [0.15, 0.2) is 0 Å². The Balaban J connectivity index is 1.97. The summed E-state index contributed by atoms with van der Waals surface area (Å²) in [7, 11) is 3.39. The average Bonchev–Trinajstić information content (AvgIpc) is 2.54. The van der Waals surface area contributed by atoms with Crippen LogP contribution in [0.1, 0.15) is 52.4 Å². The molecule has 1 saturated heterocycles. The number of likely N-dealkylation sites (tertiary alicyclic amines) is 1. The fourth-order valence-corrected chi connectivity index (χ4v) is 4.22. The van der Waals surface area contributed by atoms with E-state index >= 15 is 0 Å². The summed E-state index contributed by atoms with van der Waals surface area (Å²) in [6, 6.07) is 0.526. The van der Waals surface area contributed by atoms with Gasteiger partial charge in [0, 0.05) is 6.04 Å². The molecule has 2 fully saturated rings. The molecule has 4 heteroatoms. The Labute approximate surface area is 129 Å². The molecule has 1 aliphatic heterocycles. The van der Waals surface area contributed by atoms with Crippen LogP contribution >= 0.6 is 0 Å². The number of ether oxygens (including phenoxy) is 1. The molecule has 0 aromatic carbocycles. The molecular weight excluding hydrogens is 264 g/mol. The van der Waals surface area contributed by atoms with E-state index in [1.54, 1.807) is 0 Å². The van der Waals surface area contributed by atoms with Crippen molar-refractivity contribution in [2.75, 3.05) is 27.2 Å². The van der Waals surface area contributed by atoms with Gasteiger partial charge in [-0.25, -0.2) is 0 Å². The van der Waals surface area contributed by atoms with Gasteiger partial charge >= 0.3 is 5.97 Å². The number of nitrogens with zero attached hydrogens (tertiary/aromatic N) is 1. The van der Waals surface area contributed by atoms with E-state index in [1.807, 2.05) is 7.05 Å². The number of carbonyl (C=O) groups is 1. The topological polar surface area (TPSA) is 41.6 Å². The third-order valence-electron chi connectivity index (χ3n) is 5.81. The summed E-state index contributed by atoms with van der Waals surface area (Å²) < 4.78 is 5.05. The van der Waals surface area contributed by atoms with Gasteiger partial charge < -0.3 is 15.0 Å². The molecule has 0 aromatic rings. The van der Waals surface area contributed by atoms with Crippen LogP contribution in [0.3, 0.4) is 0 Å². The molecule has 2 aliphatic rings. The monoisotopic (exact) mass is 296 g/mol. The van der Waals surface area contributed by atoms with E-state index in [9.17, 15) is 4.79 Å². The third-order valence-corrected chi connectivity index (χ3v) is 5.81. The average molecular weight is 296 g/mol. The van der Waals surface area contributed by atoms with Crippen molar-refractivity contribution < 1.29 is 9.53 Å². The van der Waals surface area contributed by atoms with Crippen molar-refractivity contribution in [2.45, 2.75) is 64.0 Å². The van der Waals surface area contributed by atoms with E-state index in [4.69, 9.17) is 4.74 Å². The molecule has 122 valence electrons. The normalized spacial score (nSPS) is 32.3. The minimum Gasteiger partial charge on any atom is -0.468 e. The van der Waals surface area contributed by atoms with Crippen LogP contribution in [0.4, 0.5) is 0 Å². The molecule has 1 N–H and O–H groups in total. The van der Waals surface area contributed by atoms with Gasteiger partial charge in [-0.15, -0.1) is 0 Å². The Hall–Kier alpha value is -0.610. The van der Waals surface area contributed by atoms with Crippen LogP contribution < -0.4 is 5.32 Å². The van der Waals surface area contributed by atoms with Crippen molar-refractivity contribution in [3.8, 4) is 0 Å². The van der Waals surface area contributed by atoms with Crippen molar-refractivity contribution in [3.63, 3.8) is 0 Å². The van der Waals surface area contributed by atoms with Gasteiger partial charge in [0.2, 0.25) is 0 Å². The predicted octanol–water partition coefficient (Wildman–Crippen LogP) is 2.43. The fourth-order valence-electron chi connectivity index (χ4n) is 4.22. The third kappa shape index (κ3) is 3.59. The summed E-state index contributed by atoms with van der Waals surface area (Å²) in [5, 5.41) is 3.26. The minimum atomic E-state index is -0.466. The van der Waals surface area contributed by atoms with Crippen molar-refractivity contribution in [1.82, 2.24) is 10.2 Å². The highest BCUT2D eigenvalue weighted by Gasteiger charge is 2.44. The molecule has 2 unspecified atom stereocenters. The minimum absolute atomic E-state index is 0.0910. The Morgan fingerprint density at radius 1 is 1.29 bits per heavy atom. The number of nitrogens with one attached hydrogen (secondary N) is 1. The molecule has 0 amide bonds. The predicted molar refractivity (Wildman–Crippen MR) is 85.2 cm³/mol. The Kier molecular flexibility index (Phi) is 5.67. The number of likely N-dealkylation sites (N-methyl/N-ethyl adjacent to an activating group) is 1. The van der Waals surface area contributed by atoms with Crippen LogP contribution in [0.2, 0.25) is 0 Å².